The first-order valence-electron chi connectivity index (χ1n) is 7.37. The molecule has 1 amide bonds. The van der Waals surface area contributed by atoms with Gasteiger partial charge in [-0.3, -0.25) is 14.9 Å². The van der Waals surface area contributed by atoms with E-state index in [4.69, 9.17) is 0 Å². The average molecular weight is 292 g/mol. The number of carbonyl (C=O) groups is 1. The van der Waals surface area contributed by atoms with Crippen LogP contribution in [-0.4, -0.2) is 16.9 Å². The third-order valence-electron chi connectivity index (χ3n) is 3.45. The molecule has 0 saturated carbocycles. The highest BCUT2D eigenvalue weighted by molar-refractivity contribution is 5.94. The zero-order valence-corrected chi connectivity index (χ0v) is 13.2. The lowest BCUT2D eigenvalue weighted by molar-refractivity contribution is -0.385. The van der Waals surface area contributed by atoms with Crippen molar-refractivity contribution in [2.45, 2.75) is 53.0 Å². The molecule has 0 fully saturated rings. The van der Waals surface area contributed by atoms with E-state index < -0.39 is 4.92 Å². The number of nitro benzene ring substituents is 1. The van der Waals surface area contributed by atoms with Crippen LogP contribution in [-0.2, 0) is 0 Å². The predicted octanol–water partition coefficient (Wildman–Crippen LogP) is 3.85. The van der Waals surface area contributed by atoms with E-state index in [0.717, 1.165) is 19.3 Å². The van der Waals surface area contributed by atoms with Crippen LogP contribution in [0.4, 0.5) is 5.69 Å². The van der Waals surface area contributed by atoms with E-state index in [1.165, 1.54) is 12.1 Å². The lowest BCUT2D eigenvalue weighted by Gasteiger charge is -2.14. The molecule has 1 aromatic carbocycles. The lowest BCUT2D eigenvalue weighted by Crippen LogP contribution is -2.32. The Kier molecular flexibility index (Phi) is 6.34. The highest BCUT2D eigenvalue weighted by Crippen LogP contribution is 2.19. The quantitative estimate of drug-likeness (QED) is 0.613. The van der Waals surface area contributed by atoms with Gasteiger partial charge in [0, 0.05) is 23.2 Å². The fraction of sp³-hybridized carbons (Fsp3) is 0.562. The maximum atomic E-state index is 12.1. The van der Waals surface area contributed by atoms with E-state index in [0.29, 0.717) is 17.0 Å². The molecule has 1 aromatic rings. The van der Waals surface area contributed by atoms with Gasteiger partial charge >= 0.3 is 0 Å². The minimum Gasteiger partial charge on any atom is -0.350 e. The maximum Gasteiger partial charge on any atom is 0.272 e. The average Bonchev–Trinajstić information content (AvgIpc) is 2.37. The zero-order valence-electron chi connectivity index (χ0n) is 13.2. The van der Waals surface area contributed by atoms with Crippen molar-refractivity contribution in [3.05, 3.63) is 39.4 Å². The summed E-state index contributed by atoms with van der Waals surface area (Å²) in [6.07, 6.45) is 3.17. The third kappa shape index (κ3) is 5.53. The van der Waals surface area contributed by atoms with Crippen LogP contribution < -0.4 is 5.32 Å². The summed E-state index contributed by atoms with van der Waals surface area (Å²) in [4.78, 5) is 22.4. The van der Waals surface area contributed by atoms with E-state index >= 15 is 0 Å². The van der Waals surface area contributed by atoms with E-state index in [1.807, 2.05) is 6.92 Å². The summed E-state index contributed by atoms with van der Waals surface area (Å²) < 4.78 is 0. The van der Waals surface area contributed by atoms with Crippen LogP contribution >= 0.6 is 0 Å². The molecule has 5 heteroatoms. The number of nitrogens with zero attached hydrogens (tertiary/aromatic N) is 1. The van der Waals surface area contributed by atoms with Gasteiger partial charge in [-0.15, -0.1) is 0 Å². The minimum atomic E-state index is -0.439. The van der Waals surface area contributed by atoms with Gasteiger partial charge in [0.2, 0.25) is 0 Å². The highest BCUT2D eigenvalue weighted by Gasteiger charge is 2.15. The highest BCUT2D eigenvalue weighted by atomic mass is 16.6. The number of benzene rings is 1. The van der Waals surface area contributed by atoms with Crippen molar-refractivity contribution >= 4 is 11.6 Å². The molecule has 0 heterocycles. The van der Waals surface area contributed by atoms with Crippen LogP contribution in [0.2, 0.25) is 0 Å². The summed E-state index contributed by atoms with van der Waals surface area (Å²) in [6.45, 7) is 7.99. The first kappa shape index (κ1) is 17.1. The van der Waals surface area contributed by atoms with Crippen molar-refractivity contribution in [3.63, 3.8) is 0 Å². The van der Waals surface area contributed by atoms with Crippen molar-refractivity contribution < 1.29 is 9.72 Å². The molecular weight excluding hydrogens is 268 g/mol. The topological polar surface area (TPSA) is 72.2 Å². The molecule has 116 valence electrons. The minimum absolute atomic E-state index is 0.0385. The van der Waals surface area contributed by atoms with Crippen molar-refractivity contribution in [1.29, 1.82) is 0 Å². The van der Waals surface area contributed by atoms with Crippen LogP contribution in [0.15, 0.2) is 18.2 Å². The monoisotopic (exact) mass is 292 g/mol. The maximum absolute atomic E-state index is 12.1. The largest absolute Gasteiger partial charge is 0.350 e. The third-order valence-corrected chi connectivity index (χ3v) is 3.45. The standard InChI is InChI=1S/C16H24N2O3/c1-11(2)6-5-7-13(4)17-16(19)14-8-9-15(18(20)21)12(3)10-14/h8-11,13H,5-7H2,1-4H3,(H,17,19)/t13-/m0/s1. The van der Waals surface area contributed by atoms with E-state index in [9.17, 15) is 14.9 Å². The van der Waals surface area contributed by atoms with Gasteiger partial charge in [0.1, 0.15) is 0 Å². The summed E-state index contributed by atoms with van der Waals surface area (Å²) >= 11 is 0. The van der Waals surface area contributed by atoms with Crippen LogP contribution in [0, 0.1) is 23.0 Å². The van der Waals surface area contributed by atoms with Gasteiger partial charge in [-0.05, 0) is 38.3 Å². The molecule has 0 aliphatic heterocycles. The van der Waals surface area contributed by atoms with Crippen molar-refractivity contribution in [1.82, 2.24) is 5.32 Å². The number of nitrogens with one attached hydrogen (secondary N) is 1. The molecule has 1 N–H and O–H groups in total. The Bertz CT molecular complexity index is 512. The van der Waals surface area contributed by atoms with Crippen molar-refractivity contribution in [2.75, 3.05) is 0 Å². The summed E-state index contributed by atoms with van der Waals surface area (Å²) in [5, 5.41) is 13.7. The molecule has 0 bridgehead atoms. The molecule has 0 spiro atoms. The Morgan fingerprint density at radius 3 is 2.48 bits per heavy atom. The molecule has 1 rings (SSSR count). The Morgan fingerprint density at radius 2 is 1.95 bits per heavy atom. The Hall–Kier alpha value is -1.91. The summed E-state index contributed by atoms with van der Waals surface area (Å²) in [7, 11) is 0. The molecular formula is C16H24N2O3. The van der Waals surface area contributed by atoms with Crippen LogP contribution in [0.5, 0.6) is 0 Å². The SMILES string of the molecule is Cc1cc(C(=O)N[C@@H](C)CCCC(C)C)ccc1[N+](=O)[O-]. The number of aryl methyl sites for hydroxylation is 1. The number of carbonyl (C=O) groups excluding carboxylic acids is 1. The molecule has 0 saturated heterocycles. The smallest absolute Gasteiger partial charge is 0.272 e. The fourth-order valence-corrected chi connectivity index (χ4v) is 2.21. The van der Waals surface area contributed by atoms with Gasteiger partial charge < -0.3 is 5.32 Å². The fourth-order valence-electron chi connectivity index (χ4n) is 2.21. The Labute approximate surface area is 125 Å². The number of rotatable bonds is 7. The molecule has 0 aromatic heterocycles. The second-order valence-corrected chi connectivity index (χ2v) is 5.96. The number of hydrogen-bond acceptors (Lipinski definition) is 3. The van der Waals surface area contributed by atoms with Crippen LogP contribution in [0.25, 0.3) is 0 Å². The Morgan fingerprint density at radius 1 is 1.29 bits per heavy atom. The number of amides is 1. The second kappa shape index (κ2) is 7.76. The lowest BCUT2D eigenvalue weighted by atomic mass is 10.0. The molecule has 21 heavy (non-hydrogen) atoms. The summed E-state index contributed by atoms with van der Waals surface area (Å²) in [6, 6.07) is 4.55. The molecule has 1 atom stereocenters. The van der Waals surface area contributed by atoms with E-state index in [1.54, 1.807) is 13.0 Å². The van der Waals surface area contributed by atoms with Gasteiger partial charge in [0.05, 0.1) is 4.92 Å². The van der Waals surface area contributed by atoms with Crippen LogP contribution in [0.1, 0.15) is 56.0 Å². The molecule has 0 aliphatic rings. The van der Waals surface area contributed by atoms with E-state index in [2.05, 4.69) is 19.2 Å². The van der Waals surface area contributed by atoms with Gasteiger partial charge in [0.15, 0.2) is 0 Å². The molecule has 5 nitrogen and oxygen atoms in total. The second-order valence-electron chi connectivity index (χ2n) is 5.96. The van der Waals surface area contributed by atoms with Crippen molar-refractivity contribution in [3.8, 4) is 0 Å². The zero-order chi connectivity index (χ0) is 16.0. The first-order chi connectivity index (χ1) is 9.81. The molecule has 0 aliphatic carbocycles. The van der Waals surface area contributed by atoms with Gasteiger partial charge in [-0.1, -0.05) is 26.7 Å². The summed E-state index contributed by atoms with van der Waals surface area (Å²) in [5.74, 6) is 0.496. The van der Waals surface area contributed by atoms with Crippen molar-refractivity contribution in [2.24, 2.45) is 5.92 Å². The molecule has 0 unspecified atom stereocenters. The first-order valence-corrected chi connectivity index (χ1v) is 7.37. The number of hydrogen-bond donors (Lipinski definition) is 1. The number of nitro groups is 1. The normalized spacial score (nSPS) is 12.2. The van der Waals surface area contributed by atoms with E-state index in [-0.39, 0.29) is 17.6 Å². The van der Waals surface area contributed by atoms with Gasteiger partial charge in [-0.2, -0.15) is 0 Å². The molecule has 0 radical (unpaired) electrons. The Balaban J connectivity index is 2.59. The van der Waals surface area contributed by atoms with Crippen LogP contribution in [0.3, 0.4) is 0 Å². The van der Waals surface area contributed by atoms with Gasteiger partial charge in [-0.25, -0.2) is 0 Å². The summed E-state index contributed by atoms with van der Waals surface area (Å²) in [5.41, 5.74) is 1.01. The van der Waals surface area contributed by atoms with Gasteiger partial charge in [0.25, 0.3) is 11.6 Å². The predicted molar refractivity (Wildman–Crippen MR) is 83.5 cm³/mol.